The maximum atomic E-state index is 11.8. The van der Waals surface area contributed by atoms with Crippen molar-refractivity contribution in [2.24, 2.45) is 0 Å². The smallest absolute Gasteiger partial charge is 0.339 e. The monoisotopic (exact) mass is 297 g/mol. The summed E-state index contributed by atoms with van der Waals surface area (Å²) in [6.07, 6.45) is 3.28. The van der Waals surface area contributed by atoms with Crippen LogP contribution in [0.4, 0.5) is 0 Å². The molecule has 1 heterocycles. The summed E-state index contributed by atoms with van der Waals surface area (Å²) in [5.74, 6) is -1.13. The number of nitrogens with one attached hydrogen (secondary N) is 1. The van der Waals surface area contributed by atoms with E-state index in [0.717, 1.165) is 19.4 Å². The summed E-state index contributed by atoms with van der Waals surface area (Å²) in [7, 11) is 0. The molecule has 0 radical (unpaired) electrons. The third-order valence-electron chi connectivity index (χ3n) is 2.98. The van der Waals surface area contributed by atoms with E-state index in [2.05, 4.69) is 12.2 Å². The van der Waals surface area contributed by atoms with Gasteiger partial charge in [-0.15, -0.1) is 0 Å². The van der Waals surface area contributed by atoms with E-state index in [1.165, 1.54) is 6.07 Å². The Hall–Kier alpha value is -1.82. The number of rotatable bonds is 10. The topological polar surface area (TPSA) is 88.8 Å². The molecule has 2 N–H and O–H groups in total. The van der Waals surface area contributed by atoms with Gasteiger partial charge in [0.05, 0.1) is 0 Å². The van der Waals surface area contributed by atoms with Gasteiger partial charge in [-0.2, -0.15) is 0 Å². The molecule has 1 amide bonds. The number of hydrogen-bond acceptors (Lipinski definition) is 4. The molecule has 0 aliphatic heterocycles. The van der Waals surface area contributed by atoms with Crippen molar-refractivity contribution in [3.63, 3.8) is 0 Å². The van der Waals surface area contributed by atoms with E-state index < -0.39 is 11.9 Å². The van der Waals surface area contributed by atoms with Crippen molar-refractivity contribution in [1.82, 2.24) is 5.32 Å². The van der Waals surface area contributed by atoms with Crippen LogP contribution in [0.1, 0.15) is 59.8 Å². The first-order chi connectivity index (χ1) is 10.1. The molecule has 0 aliphatic rings. The molecule has 0 fully saturated rings. The fourth-order valence-electron chi connectivity index (χ4n) is 1.80. The van der Waals surface area contributed by atoms with Crippen LogP contribution in [0.2, 0.25) is 0 Å². The van der Waals surface area contributed by atoms with Crippen molar-refractivity contribution in [2.45, 2.75) is 39.5 Å². The van der Waals surface area contributed by atoms with Gasteiger partial charge in [-0.25, -0.2) is 4.79 Å². The van der Waals surface area contributed by atoms with Gasteiger partial charge >= 0.3 is 5.97 Å². The van der Waals surface area contributed by atoms with Gasteiger partial charge in [0.2, 0.25) is 0 Å². The largest absolute Gasteiger partial charge is 0.478 e. The van der Waals surface area contributed by atoms with Crippen LogP contribution in [0.3, 0.4) is 0 Å². The lowest BCUT2D eigenvalue weighted by Gasteiger charge is -2.04. The molecule has 0 aromatic carbocycles. The molecule has 21 heavy (non-hydrogen) atoms. The summed E-state index contributed by atoms with van der Waals surface area (Å²) < 4.78 is 10.7. The summed E-state index contributed by atoms with van der Waals surface area (Å²) >= 11 is 0. The molecule has 0 atom stereocenters. The third-order valence-corrected chi connectivity index (χ3v) is 2.98. The average molecular weight is 297 g/mol. The molecule has 1 aromatic heterocycles. The van der Waals surface area contributed by atoms with Gasteiger partial charge in [-0.05, 0) is 12.8 Å². The van der Waals surface area contributed by atoms with Crippen LogP contribution in [0.5, 0.6) is 0 Å². The normalized spacial score (nSPS) is 10.6. The van der Waals surface area contributed by atoms with Gasteiger partial charge in [0.15, 0.2) is 5.76 Å². The summed E-state index contributed by atoms with van der Waals surface area (Å²) in [5.41, 5.74) is 0.0468. The highest BCUT2D eigenvalue weighted by molar-refractivity contribution is 5.96. The summed E-state index contributed by atoms with van der Waals surface area (Å²) in [5, 5.41) is 11.7. The van der Waals surface area contributed by atoms with Crippen molar-refractivity contribution >= 4 is 11.9 Å². The molecule has 1 rings (SSSR count). The van der Waals surface area contributed by atoms with Gasteiger partial charge in [0, 0.05) is 32.2 Å². The predicted octanol–water partition coefficient (Wildman–Crippen LogP) is 2.48. The van der Waals surface area contributed by atoms with Crippen molar-refractivity contribution in [1.29, 1.82) is 0 Å². The zero-order valence-electron chi connectivity index (χ0n) is 12.6. The van der Waals surface area contributed by atoms with E-state index in [1.54, 1.807) is 6.92 Å². The maximum absolute atomic E-state index is 11.8. The van der Waals surface area contributed by atoms with Crippen molar-refractivity contribution in [3.05, 3.63) is 23.2 Å². The molecular weight excluding hydrogens is 274 g/mol. The molecule has 1 aromatic rings. The van der Waals surface area contributed by atoms with E-state index >= 15 is 0 Å². The van der Waals surface area contributed by atoms with E-state index in [0.29, 0.717) is 31.8 Å². The second-order valence-corrected chi connectivity index (χ2v) is 4.68. The second kappa shape index (κ2) is 9.18. The van der Waals surface area contributed by atoms with Gasteiger partial charge < -0.3 is 19.6 Å². The zero-order chi connectivity index (χ0) is 15.7. The predicted molar refractivity (Wildman–Crippen MR) is 77.7 cm³/mol. The molecule has 0 bridgehead atoms. The standard InChI is InChI=1S/C15H23NO5/c1-3-5-8-20-9-6-7-16-14(17)13-10-11(15(18)19)12(4-2)21-13/h10H,3-9H2,1-2H3,(H,16,17)(H,18,19). The van der Waals surface area contributed by atoms with Crippen molar-refractivity contribution in [3.8, 4) is 0 Å². The number of carboxylic acids is 1. The maximum Gasteiger partial charge on any atom is 0.339 e. The first-order valence-electron chi connectivity index (χ1n) is 7.32. The number of carbonyl (C=O) groups excluding carboxylic acids is 1. The van der Waals surface area contributed by atoms with Gasteiger partial charge in [-0.1, -0.05) is 20.3 Å². The minimum absolute atomic E-state index is 0.0381. The molecule has 118 valence electrons. The highest BCUT2D eigenvalue weighted by Gasteiger charge is 2.19. The van der Waals surface area contributed by atoms with Crippen LogP contribution in [0, 0.1) is 0 Å². The van der Waals surface area contributed by atoms with Crippen LogP contribution in [0.25, 0.3) is 0 Å². The Bertz CT molecular complexity index is 467. The minimum atomic E-state index is -1.08. The Morgan fingerprint density at radius 3 is 2.57 bits per heavy atom. The van der Waals surface area contributed by atoms with Crippen molar-refractivity contribution in [2.75, 3.05) is 19.8 Å². The highest BCUT2D eigenvalue weighted by atomic mass is 16.5. The lowest BCUT2D eigenvalue weighted by molar-refractivity contribution is 0.0694. The Balaban J connectivity index is 2.37. The molecule has 0 aliphatic carbocycles. The van der Waals surface area contributed by atoms with E-state index in [9.17, 15) is 9.59 Å². The molecule has 0 saturated heterocycles. The van der Waals surface area contributed by atoms with Crippen LogP contribution in [-0.2, 0) is 11.2 Å². The first kappa shape index (κ1) is 17.2. The highest BCUT2D eigenvalue weighted by Crippen LogP contribution is 2.16. The lowest BCUT2D eigenvalue weighted by atomic mass is 10.2. The number of ether oxygens (including phenoxy) is 1. The molecule has 6 heteroatoms. The Kier molecular flexibility index (Phi) is 7.53. The van der Waals surface area contributed by atoms with Crippen LogP contribution < -0.4 is 5.32 Å². The summed E-state index contributed by atoms with van der Waals surface area (Å²) in [6, 6.07) is 1.27. The number of aryl methyl sites for hydroxylation is 1. The number of hydrogen-bond donors (Lipinski definition) is 2. The van der Waals surface area contributed by atoms with Crippen LogP contribution in [-0.4, -0.2) is 36.7 Å². The SMILES string of the molecule is CCCCOCCCNC(=O)c1cc(C(=O)O)c(CC)o1. The first-order valence-corrected chi connectivity index (χ1v) is 7.32. The summed E-state index contributed by atoms with van der Waals surface area (Å²) in [4.78, 5) is 22.8. The fourth-order valence-corrected chi connectivity index (χ4v) is 1.80. The number of amides is 1. The molecule has 0 unspecified atom stereocenters. The zero-order valence-corrected chi connectivity index (χ0v) is 12.6. The summed E-state index contributed by atoms with van der Waals surface area (Å²) in [6.45, 7) is 5.68. The van der Waals surface area contributed by atoms with E-state index in [4.69, 9.17) is 14.3 Å². The number of furan rings is 1. The Morgan fingerprint density at radius 2 is 2.00 bits per heavy atom. The van der Waals surface area contributed by atoms with E-state index in [1.807, 2.05) is 0 Å². The third kappa shape index (κ3) is 5.59. The average Bonchev–Trinajstić information content (AvgIpc) is 2.90. The van der Waals surface area contributed by atoms with Crippen LogP contribution in [0.15, 0.2) is 10.5 Å². The Morgan fingerprint density at radius 1 is 1.29 bits per heavy atom. The fraction of sp³-hybridized carbons (Fsp3) is 0.600. The van der Waals surface area contributed by atoms with Gasteiger partial charge in [-0.3, -0.25) is 4.79 Å². The molecular formula is C15H23NO5. The number of carboxylic acid groups (broad SMARTS) is 1. The number of aromatic carboxylic acids is 1. The molecule has 0 spiro atoms. The van der Waals surface area contributed by atoms with Gasteiger partial charge in [0.25, 0.3) is 5.91 Å². The lowest BCUT2D eigenvalue weighted by Crippen LogP contribution is -2.24. The quantitative estimate of drug-likeness (QED) is 0.648. The molecule has 6 nitrogen and oxygen atoms in total. The second-order valence-electron chi connectivity index (χ2n) is 4.68. The van der Waals surface area contributed by atoms with Gasteiger partial charge in [0.1, 0.15) is 11.3 Å². The van der Waals surface area contributed by atoms with Crippen LogP contribution >= 0.6 is 0 Å². The number of unbranched alkanes of at least 4 members (excludes halogenated alkanes) is 1. The molecule has 0 saturated carbocycles. The number of carbonyl (C=O) groups is 2. The minimum Gasteiger partial charge on any atom is -0.478 e. The van der Waals surface area contributed by atoms with Crippen molar-refractivity contribution < 1.29 is 23.8 Å². The van der Waals surface area contributed by atoms with E-state index in [-0.39, 0.29) is 11.3 Å². The Labute approximate surface area is 124 Å².